The van der Waals surface area contributed by atoms with Gasteiger partial charge in [0, 0.05) is 4.79 Å². The molecule has 1 heterocycles. The van der Waals surface area contributed by atoms with E-state index < -0.39 is 26.4 Å². The van der Waals surface area contributed by atoms with Crippen LogP contribution in [0.1, 0.15) is 0 Å². The average molecular weight is 203 g/mol. The van der Waals surface area contributed by atoms with Crippen molar-refractivity contribution in [3.05, 3.63) is 36.5 Å². The van der Waals surface area contributed by atoms with E-state index in [4.69, 9.17) is 0 Å². The second kappa shape index (κ2) is 3.04. The maximum absolute atomic E-state index is 10.2. The van der Waals surface area contributed by atoms with Gasteiger partial charge in [-0.2, -0.15) is 0 Å². The molecule has 1 aromatic rings. The summed E-state index contributed by atoms with van der Waals surface area (Å²) in [4.78, 5) is 28.0. The minimum atomic E-state index is -1.17. The maximum atomic E-state index is 10.2. The fourth-order valence-corrected chi connectivity index (χ4v) is 0.687. The van der Waals surface area contributed by atoms with Gasteiger partial charge in [0.25, 0.3) is 0 Å². The van der Waals surface area contributed by atoms with E-state index in [1.807, 2.05) is 0 Å². The van der Waals surface area contributed by atoms with Crippen molar-refractivity contribution in [3.63, 3.8) is 0 Å². The molecular formula is C3HN5O6. The quantitative estimate of drug-likeness (QED) is 0.485. The Bertz CT molecular complexity index is 390. The third kappa shape index (κ3) is 1.45. The van der Waals surface area contributed by atoms with Crippen LogP contribution in [0.2, 0.25) is 0 Å². The minimum absolute atomic E-state index is 0.0870. The smallest absolute Gasteiger partial charge is 0.358 e. The van der Waals surface area contributed by atoms with Crippen molar-refractivity contribution < 1.29 is 14.9 Å². The van der Waals surface area contributed by atoms with Crippen molar-refractivity contribution in [1.29, 1.82) is 0 Å². The van der Waals surface area contributed by atoms with Crippen molar-refractivity contribution in [2.75, 3.05) is 0 Å². The van der Waals surface area contributed by atoms with Crippen LogP contribution in [0, 0.1) is 30.3 Å². The zero-order valence-corrected chi connectivity index (χ0v) is 6.26. The van der Waals surface area contributed by atoms with E-state index in [1.165, 1.54) is 0 Å². The standard InChI is InChI=1S/C3HN5O6/c9-6(10)2-1-5(8(13)14)4-3(2)7(11)12/h1H. The fraction of sp³-hybridized carbons (Fsp3) is 0. The van der Waals surface area contributed by atoms with Crippen molar-refractivity contribution in [3.8, 4) is 0 Å². The van der Waals surface area contributed by atoms with Gasteiger partial charge in [-0.15, -0.1) is 0 Å². The van der Waals surface area contributed by atoms with Crippen LogP contribution < -0.4 is 0 Å². The van der Waals surface area contributed by atoms with Gasteiger partial charge in [0.05, 0.1) is 9.96 Å². The highest BCUT2D eigenvalue weighted by Gasteiger charge is 2.32. The third-order valence-electron chi connectivity index (χ3n) is 1.20. The SMILES string of the molecule is O=[N+]([O-])c1cn([N+](=O)[O-])nc1[N+](=O)[O-]. The first-order valence-corrected chi connectivity index (χ1v) is 2.96. The molecule has 0 saturated carbocycles. The van der Waals surface area contributed by atoms with Gasteiger partial charge in [-0.25, -0.2) is 0 Å². The zero-order valence-electron chi connectivity index (χ0n) is 6.26. The summed E-state index contributed by atoms with van der Waals surface area (Å²) in [7, 11) is 0. The monoisotopic (exact) mass is 203 g/mol. The van der Waals surface area contributed by atoms with Crippen molar-refractivity contribution in [2.45, 2.75) is 0 Å². The van der Waals surface area contributed by atoms with E-state index in [1.54, 1.807) is 0 Å². The molecule has 11 heteroatoms. The molecule has 14 heavy (non-hydrogen) atoms. The summed E-state index contributed by atoms with van der Waals surface area (Å²) in [5, 5.41) is 32.1. The molecule has 1 aromatic heterocycles. The van der Waals surface area contributed by atoms with Crippen LogP contribution in [0.15, 0.2) is 6.20 Å². The number of aromatic nitrogens is 2. The van der Waals surface area contributed by atoms with Crippen molar-refractivity contribution >= 4 is 11.5 Å². The normalized spacial score (nSPS) is 9.71. The molecule has 0 bridgehead atoms. The highest BCUT2D eigenvalue weighted by atomic mass is 16.7. The number of nitrogens with zero attached hydrogens (tertiary/aromatic N) is 5. The summed E-state index contributed by atoms with van der Waals surface area (Å²) in [5.74, 6) is -1.16. The summed E-state index contributed by atoms with van der Waals surface area (Å²) in [6.45, 7) is 0. The predicted octanol–water partition coefficient (Wildman–Crippen LogP) is -0.261. The highest BCUT2D eigenvalue weighted by Crippen LogP contribution is 2.23. The van der Waals surface area contributed by atoms with Gasteiger partial charge in [0.2, 0.25) is 0 Å². The largest absolute Gasteiger partial charge is 0.472 e. The second-order valence-electron chi connectivity index (χ2n) is 2.01. The molecule has 1 rings (SSSR count). The first kappa shape index (κ1) is 9.50. The molecule has 0 N–H and O–H groups in total. The average Bonchev–Trinajstić information content (AvgIpc) is 2.47. The lowest BCUT2D eigenvalue weighted by Crippen LogP contribution is -2.08. The van der Waals surface area contributed by atoms with Gasteiger partial charge in [0.1, 0.15) is 5.10 Å². The first-order chi connectivity index (χ1) is 6.43. The number of rotatable bonds is 3. The van der Waals surface area contributed by atoms with Gasteiger partial charge in [0.15, 0.2) is 6.20 Å². The van der Waals surface area contributed by atoms with Gasteiger partial charge < -0.3 is 20.2 Å². The Morgan fingerprint density at radius 2 is 1.71 bits per heavy atom. The van der Waals surface area contributed by atoms with E-state index in [9.17, 15) is 30.3 Å². The van der Waals surface area contributed by atoms with Gasteiger partial charge in [-0.3, -0.25) is 10.1 Å². The summed E-state index contributed by atoms with van der Waals surface area (Å²) < 4.78 is 0. The van der Waals surface area contributed by atoms with Gasteiger partial charge >= 0.3 is 11.5 Å². The lowest BCUT2D eigenvalue weighted by atomic mass is 10.5. The predicted molar refractivity (Wildman–Crippen MR) is 37.9 cm³/mol. The molecule has 0 aliphatic heterocycles. The van der Waals surface area contributed by atoms with E-state index in [0.717, 1.165) is 0 Å². The van der Waals surface area contributed by atoms with Crippen LogP contribution in [-0.2, 0) is 0 Å². The molecule has 0 aromatic carbocycles. The molecule has 0 atom stereocenters. The minimum Gasteiger partial charge on any atom is -0.358 e. The topological polar surface area (TPSA) is 147 Å². The summed E-state index contributed by atoms with van der Waals surface area (Å²) >= 11 is 0. The van der Waals surface area contributed by atoms with Crippen LogP contribution in [-0.4, -0.2) is 24.8 Å². The second-order valence-corrected chi connectivity index (χ2v) is 2.01. The lowest BCUT2D eigenvalue weighted by Gasteiger charge is -1.86. The molecular weight excluding hydrogens is 202 g/mol. The molecule has 0 spiro atoms. The summed E-state index contributed by atoms with van der Waals surface area (Å²) in [6, 6.07) is 0. The van der Waals surface area contributed by atoms with Crippen LogP contribution in [0.3, 0.4) is 0 Å². The maximum Gasteiger partial charge on any atom is 0.472 e. The Kier molecular flexibility index (Phi) is 2.06. The van der Waals surface area contributed by atoms with Crippen molar-refractivity contribution in [1.82, 2.24) is 9.89 Å². The summed E-state index contributed by atoms with van der Waals surface area (Å²) in [6.07, 6.45) is 0.359. The van der Waals surface area contributed by atoms with Gasteiger partial charge in [-0.1, -0.05) is 0 Å². The van der Waals surface area contributed by atoms with E-state index in [2.05, 4.69) is 5.10 Å². The number of hydrogen-bond acceptors (Lipinski definition) is 7. The molecule has 0 aliphatic carbocycles. The molecule has 0 aliphatic rings. The molecule has 0 fully saturated rings. The fourth-order valence-electron chi connectivity index (χ4n) is 0.687. The third-order valence-corrected chi connectivity index (χ3v) is 1.20. The Hall–Kier alpha value is -2.59. The highest BCUT2D eigenvalue weighted by molar-refractivity contribution is 5.43. The molecule has 0 saturated heterocycles. The molecule has 11 nitrogen and oxygen atoms in total. The lowest BCUT2D eigenvalue weighted by molar-refractivity contribution is -0.554. The Morgan fingerprint density at radius 1 is 1.14 bits per heavy atom. The van der Waals surface area contributed by atoms with Crippen molar-refractivity contribution in [2.24, 2.45) is 0 Å². The van der Waals surface area contributed by atoms with Crippen LogP contribution in [0.25, 0.3) is 0 Å². The van der Waals surface area contributed by atoms with E-state index in [0.29, 0.717) is 6.20 Å². The van der Waals surface area contributed by atoms with Crippen LogP contribution in [0.5, 0.6) is 0 Å². The molecule has 0 amide bonds. The Morgan fingerprint density at radius 3 is 2.00 bits per heavy atom. The number of nitro groups is 3. The van der Waals surface area contributed by atoms with Crippen LogP contribution in [0.4, 0.5) is 11.5 Å². The molecule has 74 valence electrons. The van der Waals surface area contributed by atoms with Gasteiger partial charge in [-0.05, 0) is 4.92 Å². The van der Waals surface area contributed by atoms with Crippen LogP contribution >= 0.6 is 0 Å². The van der Waals surface area contributed by atoms with E-state index in [-0.39, 0.29) is 4.79 Å². The molecule has 0 radical (unpaired) electrons. The first-order valence-electron chi connectivity index (χ1n) is 2.96. The Labute approximate surface area is 74.0 Å². The summed E-state index contributed by atoms with van der Waals surface area (Å²) in [5.41, 5.74) is -1.02. The number of hydrogen-bond donors (Lipinski definition) is 0. The molecule has 0 unspecified atom stereocenters. The zero-order chi connectivity index (χ0) is 10.9. The van der Waals surface area contributed by atoms with E-state index >= 15 is 0 Å². The Balaban J connectivity index is 3.33.